The van der Waals surface area contributed by atoms with Gasteiger partial charge in [0.2, 0.25) is 11.8 Å². The molecule has 1 aromatic rings. The molecule has 1 unspecified atom stereocenters. The van der Waals surface area contributed by atoms with Gasteiger partial charge in [-0.3, -0.25) is 4.79 Å². The van der Waals surface area contributed by atoms with Crippen molar-refractivity contribution in [2.24, 2.45) is 11.3 Å². The molecule has 3 rings (SSSR count). The average Bonchev–Trinajstić information content (AvgIpc) is 3.00. The standard InChI is InChI=1S/C16H19F3N2O2/c17-16(18,19)10-23-13-4-3-11(8-20-13)9-21-14(22)12-7-15(12)5-1-2-6-15/h3-4,8,12H,1-2,5-7,9-10H2,(H,21,22). The Morgan fingerprint density at radius 3 is 2.70 bits per heavy atom. The highest BCUT2D eigenvalue weighted by atomic mass is 19.4. The first-order chi connectivity index (χ1) is 10.9. The number of halogens is 3. The maximum Gasteiger partial charge on any atom is 0.422 e. The van der Waals surface area contributed by atoms with Gasteiger partial charge >= 0.3 is 6.18 Å². The van der Waals surface area contributed by atoms with Crippen LogP contribution in [0.4, 0.5) is 13.2 Å². The van der Waals surface area contributed by atoms with Crippen molar-refractivity contribution in [3.8, 4) is 5.88 Å². The minimum absolute atomic E-state index is 0.0734. The van der Waals surface area contributed by atoms with Crippen LogP contribution in [-0.4, -0.2) is 23.7 Å². The number of carbonyl (C=O) groups is 1. The van der Waals surface area contributed by atoms with Crippen molar-refractivity contribution in [3.63, 3.8) is 0 Å². The van der Waals surface area contributed by atoms with E-state index in [1.807, 2.05) is 0 Å². The molecule has 0 saturated heterocycles. The SMILES string of the molecule is O=C(NCc1ccc(OCC(F)(F)F)nc1)C1CC12CCCC2. The van der Waals surface area contributed by atoms with Crippen LogP contribution < -0.4 is 10.1 Å². The van der Waals surface area contributed by atoms with Gasteiger partial charge in [0, 0.05) is 24.7 Å². The van der Waals surface area contributed by atoms with Crippen LogP contribution in [0.5, 0.6) is 5.88 Å². The van der Waals surface area contributed by atoms with Crippen LogP contribution >= 0.6 is 0 Å². The zero-order valence-corrected chi connectivity index (χ0v) is 12.7. The normalized spacial score (nSPS) is 22.1. The van der Waals surface area contributed by atoms with Gasteiger partial charge in [-0.15, -0.1) is 0 Å². The lowest BCUT2D eigenvalue weighted by Crippen LogP contribution is -2.26. The van der Waals surface area contributed by atoms with Gasteiger partial charge in [-0.2, -0.15) is 13.2 Å². The molecule has 4 nitrogen and oxygen atoms in total. The van der Waals surface area contributed by atoms with Gasteiger partial charge in [0.1, 0.15) is 0 Å². The van der Waals surface area contributed by atoms with E-state index in [0.29, 0.717) is 6.54 Å². The Balaban J connectivity index is 1.45. The number of alkyl halides is 3. The third kappa shape index (κ3) is 3.95. The van der Waals surface area contributed by atoms with Crippen LogP contribution in [0.3, 0.4) is 0 Å². The summed E-state index contributed by atoms with van der Waals surface area (Å²) in [4.78, 5) is 16.0. The highest BCUT2D eigenvalue weighted by Crippen LogP contribution is 2.62. The molecule has 23 heavy (non-hydrogen) atoms. The molecule has 2 saturated carbocycles. The summed E-state index contributed by atoms with van der Waals surface area (Å²) in [5.74, 6) is 0.126. The van der Waals surface area contributed by atoms with Crippen LogP contribution in [-0.2, 0) is 11.3 Å². The maximum absolute atomic E-state index is 12.1. The molecule has 1 N–H and O–H groups in total. The Morgan fingerprint density at radius 2 is 2.09 bits per heavy atom. The molecule has 1 spiro atoms. The van der Waals surface area contributed by atoms with E-state index in [9.17, 15) is 18.0 Å². The summed E-state index contributed by atoms with van der Waals surface area (Å²) in [7, 11) is 0. The average molecular weight is 328 g/mol. The Bertz CT molecular complexity index is 566. The van der Waals surface area contributed by atoms with Crippen molar-refractivity contribution < 1.29 is 22.7 Å². The largest absolute Gasteiger partial charge is 0.468 e. The fourth-order valence-corrected chi connectivity index (χ4v) is 3.42. The first kappa shape index (κ1) is 16.1. The van der Waals surface area contributed by atoms with Crippen LogP contribution in [0.2, 0.25) is 0 Å². The number of amides is 1. The summed E-state index contributed by atoms with van der Waals surface area (Å²) in [6, 6.07) is 2.99. The molecule has 0 aromatic carbocycles. The third-order valence-electron chi connectivity index (χ3n) is 4.75. The van der Waals surface area contributed by atoms with E-state index in [1.54, 1.807) is 6.07 Å². The summed E-state index contributed by atoms with van der Waals surface area (Å²) < 4.78 is 40.7. The van der Waals surface area contributed by atoms with Gasteiger partial charge in [-0.1, -0.05) is 18.9 Å². The number of hydrogen-bond acceptors (Lipinski definition) is 3. The van der Waals surface area contributed by atoms with Gasteiger partial charge in [0.25, 0.3) is 0 Å². The predicted octanol–water partition coefficient (Wildman–Crippen LogP) is 3.22. The zero-order chi connectivity index (χ0) is 16.5. The number of nitrogens with zero attached hydrogens (tertiary/aromatic N) is 1. The molecule has 1 atom stereocenters. The van der Waals surface area contributed by atoms with Crippen molar-refractivity contribution in [1.29, 1.82) is 0 Å². The number of hydrogen-bond donors (Lipinski definition) is 1. The quantitative estimate of drug-likeness (QED) is 0.903. The second kappa shape index (κ2) is 6.02. The van der Waals surface area contributed by atoms with Gasteiger partial charge in [0.05, 0.1) is 0 Å². The maximum atomic E-state index is 12.1. The first-order valence-electron chi connectivity index (χ1n) is 7.80. The van der Waals surface area contributed by atoms with Crippen molar-refractivity contribution in [1.82, 2.24) is 10.3 Å². The molecule has 1 heterocycles. The van der Waals surface area contributed by atoms with Crippen LogP contribution in [0.15, 0.2) is 18.3 Å². The topological polar surface area (TPSA) is 51.2 Å². The fraction of sp³-hybridized carbons (Fsp3) is 0.625. The lowest BCUT2D eigenvalue weighted by atomic mass is 10.0. The number of nitrogens with one attached hydrogen (secondary N) is 1. The smallest absolute Gasteiger partial charge is 0.422 e. The second-order valence-corrected chi connectivity index (χ2v) is 6.45. The van der Waals surface area contributed by atoms with Crippen LogP contribution in [0, 0.1) is 11.3 Å². The summed E-state index contributed by atoms with van der Waals surface area (Å²) in [5, 5.41) is 2.89. The Kier molecular flexibility index (Phi) is 4.21. The van der Waals surface area contributed by atoms with E-state index in [0.717, 1.165) is 24.8 Å². The minimum Gasteiger partial charge on any atom is -0.468 e. The van der Waals surface area contributed by atoms with E-state index < -0.39 is 12.8 Å². The van der Waals surface area contributed by atoms with Crippen molar-refractivity contribution in [3.05, 3.63) is 23.9 Å². The van der Waals surface area contributed by atoms with Crippen LogP contribution in [0.25, 0.3) is 0 Å². The Hall–Kier alpha value is -1.79. The molecule has 2 aliphatic carbocycles. The fourth-order valence-electron chi connectivity index (χ4n) is 3.42. The molecule has 126 valence electrons. The molecule has 2 fully saturated rings. The van der Waals surface area contributed by atoms with Gasteiger partial charge in [-0.25, -0.2) is 4.98 Å². The highest BCUT2D eigenvalue weighted by molar-refractivity contribution is 5.82. The summed E-state index contributed by atoms with van der Waals surface area (Å²) >= 11 is 0. The van der Waals surface area contributed by atoms with E-state index in [-0.39, 0.29) is 23.1 Å². The number of rotatable bonds is 5. The molecule has 0 radical (unpaired) electrons. The summed E-state index contributed by atoms with van der Waals surface area (Å²) in [6.07, 6.45) is 2.76. The van der Waals surface area contributed by atoms with Gasteiger partial charge < -0.3 is 10.1 Å². The minimum atomic E-state index is -4.38. The zero-order valence-electron chi connectivity index (χ0n) is 12.7. The molecular weight excluding hydrogens is 309 g/mol. The predicted molar refractivity (Wildman–Crippen MR) is 76.6 cm³/mol. The molecule has 0 aliphatic heterocycles. The summed E-state index contributed by atoms with van der Waals surface area (Å²) in [5.41, 5.74) is 0.997. The van der Waals surface area contributed by atoms with E-state index in [2.05, 4.69) is 15.0 Å². The first-order valence-corrected chi connectivity index (χ1v) is 7.80. The molecule has 0 bridgehead atoms. The van der Waals surface area contributed by atoms with E-state index in [1.165, 1.54) is 25.1 Å². The van der Waals surface area contributed by atoms with Gasteiger partial charge in [0.15, 0.2) is 6.61 Å². The van der Waals surface area contributed by atoms with Gasteiger partial charge in [-0.05, 0) is 30.2 Å². The van der Waals surface area contributed by atoms with E-state index in [4.69, 9.17) is 0 Å². The second-order valence-electron chi connectivity index (χ2n) is 6.45. The molecule has 1 aromatic heterocycles. The van der Waals surface area contributed by atoms with Crippen LogP contribution in [0.1, 0.15) is 37.7 Å². The molecule has 1 amide bonds. The Labute approximate surface area is 132 Å². The van der Waals surface area contributed by atoms with Crippen molar-refractivity contribution in [2.45, 2.75) is 44.8 Å². The molecule has 7 heteroatoms. The van der Waals surface area contributed by atoms with E-state index >= 15 is 0 Å². The number of carbonyl (C=O) groups excluding carboxylic acids is 1. The lowest BCUT2D eigenvalue weighted by molar-refractivity contribution is -0.154. The number of ether oxygens (including phenoxy) is 1. The highest BCUT2D eigenvalue weighted by Gasteiger charge is 2.58. The molecule has 2 aliphatic rings. The number of aromatic nitrogens is 1. The third-order valence-corrected chi connectivity index (χ3v) is 4.75. The lowest BCUT2D eigenvalue weighted by Gasteiger charge is -2.10. The monoisotopic (exact) mass is 328 g/mol. The number of pyridine rings is 1. The molecular formula is C16H19F3N2O2. The summed E-state index contributed by atoms with van der Waals surface area (Å²) in [6.45, 7) is -1.03. The van der Waals surface area contributed by atoms with Crippen molar-refractivity contribution in [2.75, 3.05) is 6.61 Å². The Morgan fingerprint density at radius 1 is 1.35 bits per heavy atom. The van der Waals surface area contributed by atoms with Crippen molar-refractivity contribution >= 4 is 5.91 Å².